The molecule has 3 aromatic carbocycles. The molecule has 3 rings (SSSR count). The van der Waals surface area contributed by atoms with E-state index in [1.165, 1.54) is 6.08 Å². The minimum atomic E-state index is -1.48. The zero-order chi connectivity index (χ0) is 21.5. The normalized spacial score (nSPS) is 12.1. The first-order chi connectivity index (χ1) is 14.4. The fourth-order valence-electron chi connectivity index (χ4n) is 2.59. The number of aliphatic carboxylic acids is 1. The Morgan fingerprint density at radius 2 is 1.57 bits per heavy atom. The monoisotopic (exact) mass is 467 g/mol. The van der Waals surface area contributed by atoms with E-state index in [1.54, 1.807) is 54.6 Å². The Morgan fingerprint density at radius 3 is 2.20 bits per heavy atom. The highest BCUT2D eigenvalue weighted by Gasteiger charge is 2.20. The lowest BCUT2D eigenvalue weighted by molar-refractivity contribution is -0.136. The van der Waals surface area contributed by atoms with Crippen molar-refractivity contribution in [3.63, 3.8) is 0 Å². The van der Waals surface area contributed by atoms with E-state index in [-0.39, 0.29) is 5.70 Å². The van der Waals surface area contributed by atoms with Crippen LogP contribution in [0.5, 0.6) is 11.5 Å². The van der Waals surface area contributed by atoms with Crippen LogP contribution in [0.3, 0.4) is 0 Å². The number of benzene rings is 3. The van der Waals surface area contributed by atoms with Crippen molar-refractivity contribution >= 4 is 33.9 Å². The number of nitrogens with one attached hydrogen (secondary N) is 1. The van der Waals surface area contributed by atoms with Crippen LogP contribution in [-0.4, -0.2) is 22.1 Å². The maximum atomic E-state index is 12.2. The molecule has 0 radical (unpaired) electrons. The molecule has 0 aromatic heterocycles. The number of para-hydroxylation sites is 1. The van der Waals surface area contributed by atoms with Crippen LogP contribution < -0.4 is 10.1 Å². The molecule has 0 saturated carbocycles. The van der Waals surface area contributed by atoms with Gasteiger partial charge in [-0.25, -0.2) is 4.79 Å². The van der Waals surface area contributed by atoms with E-state index >= 15 is 0 Å². The summed E-state index contributed by atoms with van der Waals surface area (Å²) in [5.41, 5.74) is 0.559. The summed E-state index contributed by atoms with van der Waals surface area (Å²) >= 11 is 3.41. The van der Waals surface area contributed by atoms with Gasteiger partial charge in [-0.05, 0) is 57.4 Å². The van der Waals surface area contributed by atoms with E-state index in [9.17, 15) is 19.8 Å². The average Bonchev–Trinajstić information content (AvgIpc) is 2.76. The first kappa shape index (κ1) is 21.3. The van der Waals surface area contributed by atoms with Crippen molar-refractivity contribution in [2.75, 3.05) is 0 Å². The smallest absolute Gasteiger partial charge is 0.352 e. The molecule has 3 N–H and O–H groups in total. The van der Waals surface area contributed by atoms with Crippen molar-refractivity contribution in [1.29, 1.82) is 0 Å². The van der Waals surface area contributed by atoms with Crippen molar-refractivity contribution < 1.29 is 24.5 Å². The maximum Gasteiger partial charge on any atom is 0.352 e. The number of carbonyl (C=O) groups excluding carboxylic acids is 1. The van der Waals surface area contributed by atoms with E-state index in [0.29, 0.717) is 22.6 Å². The predicted molar refractivity (Wildman–Crippen MR) is 116 cm³/mol. The van der Waals surface area contributed by atoms with Crippen LogP contribution in [0, 0.1) is 0 Å². The molecule has 1 atom stereocenters. The number of carbonyl (C=O) groups is 2. The van der Waals surface area contributed by atoms with Gasteiger partial charge >= 0.3 is 5.97 Å². The zero-order valence-electron chi connectivity index (χ0n) is 15.7. The minimum Gasteiger partial charge on any atom is -0.477 e. The molecule has 0 aliphatic rings. The Morgan fingerprint density at radius 1 is 0.933 bits per heavy atom. The number of amides is 1. The third-order valence-electron chi connectivity index (χ3n) is 4.11. The van der Waals surface area contributed by atoms with Gasteiger partial charge in [-0.15, -0.1) is 0 Å². The van der Waals surface area contributed by atoms with Crippen molar-refractivity contribution in [2.24, 2.45) is 0 Å². The number of ether oxygens (including phenoxy) is 1. The zero-order valence-corrected chi connectivity index (χ0v) is 17.2. The number of hydrogen-bond acceptors (Lipinski definition) is 4. The first-order valence-electron chi connectivity index (χ1n) is 8.95. The number of carboxylic acids is 1. The fourth-order valence-corrected chi connectivity index (χ4v) is 2.96. The molecule has 0 bridgehead atoms. The molecular formula is C23H18BrNO5. The van der Waals surface area contributed by atoms with Crippen molar-refractivity contribution in [2.45, 2.75) is 6.10 Å². The maximum absolute atomic E-state index is 12.2. The largest absolute Gasteiger partial charge is 0.477 e. The third kappa shape index (κ3) is 5.56. The lowest BCUT2D eigenvalue weighted by atomic mass is 10.1. The van der Waals surface area contributed by atoms with Crippen LogP contribution >= 0.6 is 15.9 Å². The molecule has 7 heteroatoms. The molecule has 6 nitrogen and oxygen atoms in total. The van der Waals surface area contributed by atoms with Crippen LogP contribution in [0.25, 0.3) is 6.08 Å². The molecule has 30 heavy (non-hydrogen) atoms. The molecule has 0 aliphatic carbocycles. The van der Waals surface area contributed by atoms with Crippen molar-refractivity contribution in [3.8, 4) is 11.5 Å². The second-order valence-corrected chi connectivity index (χ2v) is 7.12. The average molecular weight is 468 g/mol. The molecular weight excluding hydrogens is 450 g/mol. The number of carboxylic acid groups (broad SMARTS) is 1. The molecule has 3 aromatic rings. The Hall–Kier alpha value is -3.42. The summed E-state index contributed by atoms with van der Waals surface area (Å²) in [6.45, 7) is 0. The lowest BCUT2D eigenvalue weighted by Gasteiger charge is -2.12. The molecule has 0 saturated heterocycles. The van der Waals surface area contributed by atoms with E-state index in [2.05, 4.69) is 21.2 Å². The van der Waals surface area contributed by atoms with E-state index in [1.807, 2.05) is 24.3 Å². The highest BCUT2D eigenvalue weighted by Crippen LogP contribution is 2.29. The summed E-state index contributed by atoms with van der Waals surface area (Å²) in [5, 5.41) is 21.8. The Balaban J connectivity index is 1.73. The van der Waals surface area contributed by atoms with Gasteiger partial charge < -0.3 is 20.3 Å². The molecule has 1 amide bonds. The number of rotatable bonds is 7. The van der Waals surface area contributed by atoms with Gasteiger partial charge in [0, 0.05) is 0 Å². The molecule has 0 spiro atoms. The summed E-state index contributed by atoms with van der Waals surface area (Å²) in [7, 11) is 0. The second kappa shape index (κ2) is 9.87. The summed E-state index contributed by atoms with van der Waals surface area (Å²) in [5.74, 6) is -0.936. The lowest BCUT2D eigenvalue weighted by Crippen LogP contribution is -2.31. The highest BCUT2D eigenvalue weighted by atomic mass is 79.9. The van der Waals surface area contributed by atoms with Gasteiger partial charge in [0.1, 0.15) is 17.2 Å². The van der Waals surface area contributed by atoms with Gasteiger partial charge in [-0.2, -0.15) is 0 Å². The SMILES string of the molecule is O=C(O)C(=Cc1ccc(Oc2ccccc2Br)cc1)NC(=O)C(O)c1ccccc1. The Labute approximate surface area is 181 Å². The van der Waals surface area contributed by atoms with E-state index < -0.39 is 18.0 Å². The van der Waals surface area contributed by atoms with Crippen LogP contribution in [0.1, 0.15) is 17.2 Å². The van der Waals surface area contributed by atoms with Crippen LogP contribution in [-0.2, 0) is 9.59 Å². The molecule has 0 fully saturated rings. The standard InChI is InChI=1S/C23H18BrNO5/c24-18-8-4-5-9-20(18)30-17-12-10-15(11-13-17)14-19(23(28)29)25-22(27)21(26)16-6-2-1-3-7-16/h1-14,21,26H,(H,25,27)(H,28,29). The fraction of sp³-hybridized carbons (Fsp3) is 0.0435. The summed E-state index contributed by atoms with van der Waals surface area (Å²) in [6.07, 6.45) is -0.172. The minimum absolute atomic E-state index is 0.352. The molecule has 0 heterocycles. The predicted octanol–water partition coefficient (Wildman–Crippen LogP) is 4.52. The van der Waals surface area contributed by atoms with Crippen molar-refractivity contribution in [3.05, 3.63) is 100 Å². The van der Waals surface area contributed by atoms with Gasteiger partial charge in [0.25, 0.3) is 5.91 Å². The first-order valence-corrected chi connectivity index (χ1v) is 9.74. The summed E-state index contributed by atoms with van der Waals surface area (Å²) < 4.78 is 6.58. The quantitative estimate of drug-likeness (QED) is 0.444. The van der Waals surface area contributed by atoms with Crippen LogP contribution in [0.4, 0.5) is 0 Å². The second-order valence-electron chi connectivity index (χ2n) is 6.27. The van der Waals surface area contributed by atoms with Crippen LogP contribution in [0.2, 0.25) is 0 Å². The van der Waals surface area contributed by atoms with E-state index in [0.717, 1.165) is 4.47 Å². The Kier molecular flexibility index (Phi) is 7.00. The number of aliphatic hydroxyl groups is 1. The summed E-state index contributed by atoms with van der Waals surface area (Å²) in [6, 6.07) is 22.4. The van der Waals surface area contributed by atoms with Gasteiger partial charge in [0.2, 0.25) is 0 Å². The summed E-state index contributed by atoms with van der Waals surface area (Å²) in [4.78, 5) is 23.8. The molecule has 152 valence electrons. The van der Waals surface area contributed by atoms with Crippen LogP contribution in [0.15, 0.2) is 89.0 Å². The molecule has 0 aliphatic heterocycles. The topological polar surface area (TPSA) is 95.9 Å². The number of hydrogen-bond donors (Lipinski definition) is 3. The number of halogens is 1. The Bertz CT molecular complexity index is 1060. The van der Waals surface area contributed by atoms with Gasteiger partial charge in [0.15, 0.2) is 6.10 Å². The molecule has 1 unspecified atom stereocenters. The highest BCUT2D eigenvalue weighted by molar-refractivity contribution is 9.10. The van der Waals surface area contributed by atoms with E-state index in [4.69, 9.17) is 4.74 Å². The number of aliphatic hydroxyl groups excluding tert-OH is 1. The van der Waals surface area contributed by atoms with Gasteiger partial charge in [-0.3, -0.25) is 4.79 Å². The van der Waals surface area contributed by atoms with Gasteiger partial charge in [-0.1, -0.05) is 54.6 Å². The van der Waals surface area contributed by atoms with Crippen molar-refractivity contribution in [1.82, 2.24) is 5.32 Å². The third-order valence-corrected chi connectivity index (χ3v) is 4.76. The van der Waals surface area contributed by atoms with Gasteiger partial charge in [0.05, 0.1) is 4.47 Å².